The molecule has 0 bridgehead atoms. The highest BCUT2D eigenvalue weighted by Crippen LogP contribution is 2.23. The molecule has 0 saturated carbocycles. The van der Waals surface area contributed by atoms with Gasteiger partial charge in [0.15, 0.2) is 17.5 Å². The van der Waals surface area contributed by atoms with E-state index in [4.69, 9.17) is 4.74 Å². The van der Waals surface area contributed by atoms with Crippen LogP contribution in [-0.4, -0.2) is 17.5 Å². The molecule has 0 radical (unpaired) electrons. The first-order chi connectivity index (χ1) is 13.5. The van der Waals surface area contributed by atoms with Crippen molar-refractivity contribution >= 4 is 23.0 Å². The lowest BCUT2D eigenvalue weighted by atomic mass is 10.2. The first-order valence-corrected chi connectivity index (χ1v) is 8.38. The van der Waals surface area contributed by atoms with Gasteiger partial charge in [0, 0.05) is 5.69 Å². The van der Waals surface area contributed by atoms with Gasteiger partial charge >= 0.3 is 0 Å². The van der Waals surface area contributed by atoms with Gasteiger partial charge in [-0.15, -0.1) is 0 Å². The van der Waals surface area contributed by atoms with E-state index in [1.165, 1.54) is 18.3 Å². The number of halogens is 3. The van der Waals surface area contributed by atoms with Crippen molar-refractivity contribution in [2.24, 2.45) is 0 Å². The topological polar surface area (TPSA) is 63.2 Å². The van der Waals surface area contributed by atoms with Crippen LogP contribution in [0.1, 0.15) is 17.4 Å². The molecule has 3 aromatic rings. The Kier molecular flexibility index (Phi) is 5.78. The van der Waals surface area contributed by atoms with E-state index in [1.807, 2.05) is 6.92 Å². The molecule has 1 aromatic heterocycles. The van der Waals surface area contributed by atoms with E-state index in [0.717, 1.165) is 12.1 Å². The number of aromatic nitrogens is 1. The summed E-state index contributed by atoms with van der Waals surface area (Å²) in [6, 6.07) is 11.6. The van der Waals surface area contributed by atoms with Crippen LogP contribution in [0.3, 0.4) is 0 Å². The smallest absolute Gasteiger partial charge is 0.274 e. The average Bonchev–Trinajstić information content (AvgIpc) is 2.70. The largest absolute Gasteiger partial charge is 0.494 e. The number of rotatable bonds is 6. The Bertz CT molecular complexity index is 977. The van der Waals surface area contributed by atoms with Crippen LogP contribution in [0.4, 0.5) is 30.2 Å². The van der Waals surface area contributed by atoms with Gasteiger partial charge in [-0.2, -0.15) is 0 Å². The summed E-state index contributed by atoms with van der Waals surface area (Å²) in [5.41, 5.74) is 0.765. The maximum Gasteiger partial charge on any atom is 0.274 e. The van der Waals surface area contributed by atoms with Crippen LogP contribution in [-0.2, 0) is 0 Å². The average molecular weight is 387 g/mol. The van der Waals surface area contributed by atoms with E-state index < -0.39 is 23.4 Å². The number of pyridine rings is 1. The van der Waals surface area contributed by atoms with Gasteiger partial charge in [0.2, 0.25) is 0 Å². The normalized spacial score (nSPS) is 10.4. The number of carbonyl (C=O) groups excluding carboxylic acids is 1. The third kappa shape index (κ3) is 4.40. The van der Waals surface area contributed by atoms with E-state index in [1.54, 1.807) is 24.3 Å². The molecule has 0 aliphatic carbocycles. The summed E-state index contributed by atoms with van der Waals surface area (Å²) in [6.07, 6.45) is 1.29. The van der Waals surface area contributed by atoms with Crippen LogP contribution in [0.2, 0.25) is 0 Å². The van der Waals surface area contributed by atoms with Gasteiger partial charge in [0.1, 0.15) is 11.4 Å². The van der Waals surface area contributed by atoms with Crippen molar-refractivity contribution in [3.05, 3.63) is 77.9 Å². The van der Waals surface area contributed by atoms with Crippen LogP contribution >= 0.6 is 0 Å². The quantitative estimate of drug-likeness (QED) is 0.591. The Hall–Kier alpha value is -3.55. The SMILES string of the molecule is CCOc1ccc(NC(=O)c2ccc(Nc3ccc(F)c(F)c3F)cn2)cc1. The molecule has 0 unspecified atom stereocenters. The molecular weight excluding hydrogens is 371 g/mol. The Morgan fingerprint density at radius 2 is 1.68 bits per heavy atom. The number of anilines is 3. The van der Waals surface area contributed by atoms with Crippen LogP contribution in [0.5, 0.6) is 5.75 Å². The molecule has 0 saturated heterocycles. The molecule has 1 amide bonds. The second-order valence-electron chi connectivity index (χ2n) is 5.69. The Morgan fingerprint density at radius 3 is 2.32 bits per heavy atom. The highest BCUT2D eigenvalue weighted by atomic mass is 19.2. The van der Waals surface area contributed by atoms with Gasteiger partial charge in [-0.3, -0.25) is 4.79 Å². The molecule has 2 N–H and O–H groups in total. The highest BCUT2D eigenvalue weighted by molar-refractivity contribution is 6.03. The Labute approximate surface area is 159 Å². The van der Waals surface area contributed by atoms with E-state index in [0.29, 0.717) is 23.7 Å². The molecule has 0 aliphatic heterocycles. The predicted octanol–water partition coefficient (Wildman–Crippen LogP) is 4.89. The summed E-state index contributed by atoms with van der Waals surface area (Å²) in [5, 5.41) is 5.28. The van der Waals surface area contributed by atoms with Gasteiger partial charge < -0.3 is 15.4 Å². The van der Waals surface area contributed by atoms with Crippen molar-refractivity contribution < 1.29 is 22.7 Å². The number of nitrogens with zero attached hydrogens (tertiary/aromatic N) is 1. The first-order valence-electron chi connectivity index (χ1n) is 8.38. The molecule has 3 rings (SSSR count). The molecule has 2 aromatic carbocycles. The molecule has 5 nitrogen and oxygen atoms in total. The Morgan fingerprint density at radius 1 is 0.964 bits per heavy atom. The summed E-state index contributed by atoms with van der Waals surface area (Å²) in [5.74, 6) is -3.92. The van der Waals surface area contributed by atoms with Gasteiger partial charge in [0.05, 0.1) is 24.2 Å². The predicted molar refractivity (Wildman–Crippen MR) is 99.4 cm³/mol. The first kappa shape index (κ1) is 19.2. The minimum absolute atomic E-state index is 0.130. The number of hydrogen-bond acceptors (Lipinski definition) is 4. The maximum absolute atomic E-state index is 13.7. The molecular formula is C20H16F3N3O2. The van der Waals surface area contributed by atoms with E-state index in [-0.39, 0.29) is 11.4 Å². The van der Waals surface area contributed by atoms with Gasteiger partial charge in [0.25, 0.3) is 5.91 Å². The second-order valence-corrected chi connectivity index (χ2v) is 5.69. The molecule has 0 atom stereocenters. The van der Waals surface area contributed by atoms with Crippen LogP contribution < -0.4 is 15.4 Å². The van der Waals surface area contributed by atoms with Gasteiger partial charge in [-0.25, -0.2) is 18.2 Å². The molecule has 1 heterocycles. The number of ether oxygens (including phenoxy) is 1. The Balaban J connectivity index is 1.66. The maximum atomic E-state index is 13.7. The van der Waals surface area contributed by atoms with E-state index in [9.17, 15) is 18.0 Å². The van der Waals surface area contributed by atoms with E-state index in [2.05, 4.69) is 15.6 Å². The lowest BCUT2D eigenvalue weighted by molar-refractivity contribution is 0.102. The lowest BCUT2D eigenvalue weighted by Gasteiger charge is -2.09. The third-order valence-corrected chi connectivity index (χ3v) is 3.73. The fourth-order valence-corrected chi connectivity index (χ4v) is 2.38. The molecule has 8 heteroatoms. The number of nitrogens with one attached hydrogen (secondary N) is 2. The summed E-state index contributed by atoms with van der Waals surface area (Å²) in [4.78, 5) is 16.3. The molecule has 0 fully saturated rings. The van der Waals surface area contributed by atoms with Crippen LogP contribution in [0.15, 0.2) is 54.7 Å². The fourth-order valence-electron chi connectivity index (χ4n) is 2.38. The zero-order chi connectivity index (χ0) is 20.1. The molecule has 144 valence electrons. The number of benzene rings is 2. The number of carbonyl (C=O) groups is 1. The van der Waals surface area contributed by atoms with Crippen molar-refractivity contribution in [1.29, 1.82) is 0 Å². The minimum Gasteiger partial charge on any atom is -0.494 e. The van der Waals surface area contributed by atoms with Crippen LogP contribution in [0, 0.1) is 17.5 Å². The summed E-state index contributed by atoms with van der Waals surface area (Å²) >= 11 is 0. The van der Waals surface area contributed by atoms with Crippen molar-refractivity contribution in [3.8, 4) is 5.75 Å². The zero-order valence-electron chi connectivity index (χ0n) is 14.8. The standard InChI is InChI=1S/C20H16F3N3O2/c1-2-28-14-6-3-12(4-7-14)26-20(27)17-9-5-13(11-24-17)25-16-10-8-15(21)18(22)19(16)23/h3-11,25H,2H2,1H3,(H,26,27). The summed E-state index contributed by atoms with van der Waals surface area (Å²) < 4.78 is 45.3. The molecule has 28 heavy (non-hydrogen) atoms. The fraction of sp³-hybridized carbons (Fsp3) is 0.100. The van der Waals surface area contributed by atoms with Crippen molar-refractivity contribution in [2.75, 3.05) is 17.2 Å². The third-order valence-electron chi connectivity index (χ3n) is 3.73. The summed E-state index contributed by atoms with van der Waals surface area (Å²) in [6.45, 7) is 2.42. The van der Waals surface area contributed by atoms with E-state index >= 15 is 0 Å². The van der Waals surface area contributed by atoms with Crippen LogP contribution in [0.25, 0.3) is 0 Å². The number of amides is 1. The second kappa shape index (κ2) is 8.43. The lowest BCUT2D eigenvalue weighted by Crippen LogP contribution is -2.13. The minimum atomic E-state index is -1.57. The zero-order valence-corrected chi connectivity index (χ0v) is 14.8. The van der Waals surface area contributed by atoms with Gasteiger partial charge in [-0.05, 0) is 55.5 Å². The van der Waals surface area contributed by atoms with Gasteiger partial charge in [-0.1, -0.05) is 0 Å². The van der Waals surface area contributed by atoms with Crippen molar-refractivity contribution in [3.63, 3.8) is 0 Å². The highest BCUT2D eigenvalue weighted by Gasteiger charge is 2.14. The summed E-state index contributed by atoms with van der Waals surface area (Å²) in [7, 11) is 0. The van der Waals surface area contributed by atoms with Crippen molar-refractivity contribution in [2.45, 2.75) is 6.92 Å². The molecule has 0 aliphatic rings. The monoisotopic (exact) mass is 387 g/mol. The van der Waals surface area contributed by atoms with Crippen molar-refractivity contribution in [1.82, 2.24) is 4.98 Å². The number of hydrogen-bond donors (Lipinski definition) is 2. The molecule has 0 spiro atoms.